The third-order valence-corrected chi connectivity index (χ3v) is 6.24. The number of aliphatic carboxylic acids is 1. The Morgan fingerprint density at radius 1 is 1.33 bits per heavy atom. The number of halogens is 1. The van der Waals surface area contributed by atoms with Crippen LogP contribution in [0.2, 0.25) is 0 Å². The molecule has 0 aromatic carbocycles. The molecule has 0 bridgehead atoms. The molecule has 0 spiro atoms. The van der Waals surface area contributed by atoms with Crippen molar-refractivity contribution in [3.05, 3.63) is 20.8 Å². The fourth-order valence-electron chi connectivity index (χ4n) is 3.73. The molecule has 1 aliphatic carbocycles. The summed E-state index contributed by atoms with van der Waals surface area (Å²) in [6.45, 7) is 0. The zero-order chi connectivity index (χ0) is 15.0. The Labute approximate surface area is 136 Å². The largest absolute Gasteiger partial charge is 0.480 e. The molecule has 1 aliphatic heterocycles. The molecule has 3 unspecified atom stereocenters. The first-order valence-corrected chi connectivity index (χ1v) is 8.95. The van der Waals surface area contributed by atoms with E-state index in [-0.39, 0.29) is 11.9 Å². The minimum atomic E-state index is -0.856. The molecule has 21 heavy (non-hydrogen) atoms. The van der Waals surface area contributed by atoms with Crippen LogP contribution in [-0.4, -0.2) is 34.0 Å². The van der Waals surface area contributed by atoms with Gasteiger partial charge in [0.2, 0.25) is 5.91 Å². The molecule has 2 fully saturated rings. The molecule has 1 amide bonds. The van der Waals surface area contributed by atoms with E-state index in [0.717, 1.165) is 34.3 Å². The number of amides is 1. The van der Waals surface area contributed by atoms with Gasteiger partial charge in [-0.3, -0.25) is 4.79 Å². The second-order valence-corrected chi connectivity index (χ2v) is 8.43. The molecule has 1 aromatic rings. The monoisotopic (exact) mass is 371 g/mol. The topological polar surface area (TPSA) is 57.6 Å². The first kappa shape index (κ1) is 15.0. The first-order chi connectivity index (χ1) is 10.1. The van der Waals surface area contributed by atoms with E-state index in [2.05, 4.69) is 15.9 Å². The van der Waals surface area contributed by atoms with Gasteiger partial charge < -0.3 is 10.0 Å². The molecule has 6 heteroatoms. The van der Waals surface area contributed by atoms with E-state index in [9.17, 15) is 14.7 Å². The molecule has 2 aliphatic rings. The molecule has 3 rings (SSSR count). The number of rotatable bonds is 3. The van der Waals surface area contributed by atoms with Crippen LogP contribution < -0.4 is 0 Å². The molecule has 1 N–H and O–H groups in total. The van der Waals surface area contributed by atoms with Crippen molar-refractivity contribution in [2.75, 3.05) is 0 Å². The van der Waals surface area contributed by atoms with Crippen LogP contribution in [-0.2, 0) is 16.0 Å². The van der Waals surface area contributed by atoms with Crippen LogP contribution in [0.15, 0.2) is 15.9 Å². The molecule has 0 radical (unpaired) electrons. The number of carbonyl (C=O) groups is 2. The molecular weight excluding hydrogens is 354 g/mol. The Bertz CT molecular complexity index is 559. The van der Waals surface area contributed by atoms with Crippen molar-refractivity contribution in [3.8, 4) is 0 Å². The van der Waals surface area contributed by atoms with Crippen LogP contribution >= 0.6 is 27.3 Å². The maximum absolute atomic E-state index is 12.6. The highest BCUT2D eigenvalue weighted by atomic mass is 79.9. The summed E-state index contributed by atoms with van der Waals surface area (Å²) in [4.78, 5) is 26.8. The van der Waals surface area contributed by atoms with Crippen molar-refractivity contribution >= 4 is 39.1 Å². The highest BCUT2D eigenvalue weighted by molar-refractivity contribution is 9.11. The van der Waals surface area contributed by atoms with E-state index in [0.29, 0.717) is 18.8 Å². The molecule has 1 aromatic heterocycles. The molecule has 114 valence electrons. The summed E-state index contributed by atoms with van der Waals surface area (Å²) >= 11 is 4.93. The Kier molecular flexibility index (Phi) is 4.36. The van der Waals surface area contributed by atoms with Gasteiger partial charge in [0, 0.05) is 10.9 Å². The molecular formula is C15H18BrNO3S. The van der Waals surface area contributed by atoms with Gasteiger partial charge in [-0.25, -0.2) is 4.79 Å². The number of carboxylic acid groups (broad SMARTS) is 1. The predicted octanol–water partition coefficient (Wildman–Crippen LogP) is 3.30. The van der Waals surface area contributed by atoms with Gasteiger partial charge in [0.15, 0.2) is 0 Å². The minimum absolute atomic E-state index is 0.0360. The second-order valence-electron chi connectivity index (χ2n) is 5.89. The van der Waals surface area contributed by atoms with Crippen molar-refractivity contribution in [1.82, 2.24) is 4.90 Å². The van der Waals surface area contributed by atoms with E-state index in [4.69, 9.17) is 0 Å². The summed E-state index contributed by atoms with van der Waals surface area (Å²) < 4.78 is 0.997. The van der Waals surface area contributed by atoms with Gasteiger partial charge in [-0.05, 0) is 53.2 Å². The van der Waals surface area contributed by atoms with Crippen molar-refractivity contribution in [2.24, 2.45) is 5.92 Å². The lowest BCUT2D eigenvalue weighted by Gasteiger charge is -2.33. The van der Waals surface area contributed by atoms with E-state index in [1.807, 2.05) is 12.1 Å². The van der Waals surface area contributed by atoms with Crippen molar-refractivity contribution in [3.63, 3.8) is 0 Å². The number of likely N-dealkylation sites (tertiary alicyclic amines) is 1. The summed E-state index contributed by atoms with van der Waals surface area (Å²) in [5, 5.41) is 9.45. The van der Waals surface area contributed by atoms with Crippen LogP contribution in [0.3, 0.4) is 0 Å². The smallest absolute Gasteiger partial charge is 0.326 e. The average Bonchev–Trinajstić information content (AvgIpc) is 3.02. The molecule has 3 atom stereocenters. The van der Waals surface area contributed by atoms with Gasteiger partial charge in [0.05, 0.1) is 10.2 Å². The van der Waals surface area contributed by atoms with Gasteiger partial charge in [0.25, 0.3) is 0 Å². The van der Waals surface area contributed by atoms with E-state index >= 15 is 0 Å². The normalized spacial score (nSPS) is 28.4. The van der Waals surface area contributed by atoms with Crippen LogP contribution in [0.25, 0.3) is 0 Å². The first-order valence-electron chi connectivity index (χ1n) is 7.34. The van der Waals surface area contributed by atoms with Crippen molar-refractivity contribution in [2.45, 2.75) is 50.6 Å². The highest BCUT2D eigenvalue weighted by Gasteiger charge is 2.47. The maximum atomic E-state index is 12.6. The van der Waals surface area contributed by atoms with Gasteiger partial charge in [-0.2, -0.15) is 0 Å². The van der Waals surface area contributed by atoms with E-state index in [1.165, 1.54) is 11.3 Å². The number of hydrogen-bond acceptors (Lipinski definition) is 3. The fourth-order valence-corrected chi connectivity index (χ4v) is 5.20. The Morgan fingerprint density at radius 2 is 2.10 bits per heavy atom. The van der Waals surface area contributed by atoms with E-state index in [1.54, 1.807) is 4.90 Å². The second kappa shape index (κ2) is 6.08. The number of fused-ring (bicyclic) bond motifs is 1. The molecule has 4 nitrogen and oxygen atoms in total. The number of thiophene rings is 1. The lowest BCUT2D eigenvalue weighted by atomic mass is 9.84. The number of hydrogen-bond donors (Lipinski definition) is 1. The van der Waals surface area contributed by atoms with Crippen LogP contribution in [0, 0.1) is 5.92 Å². The summed E-state index contributed by atoms with van der Waals surface area (Å²) in [5.74, 6) is -0.518. The molecule has 1 saturated carbocycles. The van der Waals surface area contributed by atoms with Gasteiger partial charge >= 0.3 is 5.97 Å². The maximum Gasteiger partial charge on any atom is 0.326 e. The molecule has 2 heterocycles. The summed E-state index contributed by atoms with van der Waals surface area (Å²) in [6, 6.07) is 3.36. The molecule has 1 saturated heterocycles. The zero-order valence-corrected chi connectivity index (χ0v) is 14.0. The van der Waals surface area contributed by atoms with Crippen LogP contribution in [0.4, 0.5) is 0 Å². The summed E-state index contributed by atoms with van der Waals surface area (Å²) in [7, 11) is 0. The van der Waals surface area contributed by atoms with Crippen molar-refractivity contribution < 1.29 is 14.7 Å². The number of nitrogens with zero attached hydrogens (tertiary/aromatic N) is 1. The number of carbonyl (C=O) groups excluding carboxylic acids is 1. The summed E-state index contributed by atoms with van der Waals surface area (Å²) in [5.41, 5.74) is 0. The van der Waals surface area contributed by atoms with Crippen LogP contribution in [0.1, 0.15) is 37.0 Å². The predicted molar refractivity (Wildman–Crippen MR) is 84.4 cm³/mol. The van der Waals surface area contributed by atoms with Gasteiger partial charge in [-0.15, -0.1) is 11.3 Å². The SMILES string of the molecule is O=C(O)C1CC2CCCCC2N1C(=O)Cc1ccc(Br)s1. The van der Waals surface area contributed by atoms with Gasteiger partial charge in [-0.1, -0.05) is 12.8 Å². The van der Waals surface area contributed by atoms with E-state index < -0.39 is 12.0 Å². The lowest BCUT2D eigenvalue weighted by Crippen LogP contribution is -2.46. The summed E-state index contributed by atoms with van der Waals surface area (Å²) in [6.07, 6.45) is 5.20. The zero-order valence-electron chi connectivity index (χ0n) is 11.6. The third-order valence-electron chi connectivity index (χ3n) is 4.62. The Morgan fingerprint density at radius 3 is 2.76 bits per heavy atom. The highest BCUT2D eigenvalue weighted by Crippen LogP contribution is 2.40. The quantitative estimate of drug-likeness (QED) is 0.886. The lowest BCUT2D eigenvalue weighted by molar-refractivity contribution is -0.149. The minimum Gasteiger partial charge on any atom is -0.480 e. The third kappa shape index (κ3) is 3.01. The number of carboxylic acids is 1. The fraction of sp³-hybridized carbons (Fsp3) is 0.600. The van der Waals surface area contributed by atoms with Crippen molar-refractivity contribution in [1.29, 1.82) is 0 Å². The Hall–Kier alpha value is -0.880. The standard InChI is InChI=1S/C15H18BrNO3S/c16-13-6-5-10(21-13)8-14(18)17-11-4-2-1-3-9(11)7-12(17)15(19)20/h5-6,9,11-12H,1-4,7-8H2,(H,19,20). The Balaban J connectivity index is 1.79. The van der Waals surface area contributed by atoms with Gasteiger partial charge in [0.1, 0.15) is 6.04 Å². The van der Waals surface area contributed by atoms with Crippen LogP contribution in [0.5, 0.6) is 0 Å². The average molecular weight is 372 g/mol.